The predicted octanol–water partition coefficient (Wildman–Crippen LogP) is -1.48. The molecular formula is C20H28O11. The van der Waals surface area contributed by atoms with Crippen molar-refractivity contribution in [3.8, 4) is 0 Å². The lowest BCUT2D eigenvalue weighted by atomic mass is 9.98. The quantitative estimate of drug-likeness (QED) is 0.277. The number of hydrogen-bond donors (Lipinski definition) is 6. The highest BCUT2D eigenvalue weighted by molar-refractivity contribution is 5.13. The van der Waals surface area contributed by atoms with Crippen molar-refractivity contribution in [3.63, 3.8) is 0 Å². The first kappa shape index (κ1) is 23.7. The van der Waals surface area contributed by atoms with Crippen LogP contribution in [0.3, 0.4) is 0 Å². The van der Waals surface area contributed by atoms with Gasteiger partial charge in [-0.25, -0.2) is 0 Å². The van der Waals surface area contributed by atoms with Gasteiger partial charge in [0.05, 0.1) is 19.8 Å². The molecule has 2 aliphatic heterocycles. The van der Waals surface area contributed by atoms with Gasteiger partial charge in [0.2, 0.25) is 5.76 Å². The highest BCUT2D eigenvalue weighted by atomic mass is 16.7. The molecule has 4 unspecified atom stereocenters. The summed E-state index contributed by atoms with van der Waals surface area (Å²) in [5.41, 5.74) is 0.814. The molecule has 11 nitrogen and oxygen atoms in total. The van der Waals surface area contributed by atoms with Crippen molar-refractivity contribution in [2.45, 2.75) is 55.6 Å². The van der Waals surface area contributed by atoms with E-state index in [9.17, 15) is 30.6 Å². The third kappa shape index (κ3) is 5.27. The van der Waals surface area contributed by atoms with Gasteiger partial charge in [-0.15, -0.1) is 0 Å². The maximum Gasteiger partial charge on any atom is 0.322 e. The Morgan fingerprint density at radius 1 is 0.968 bits per heavy atom. The van der Waals surface area contributed by atoms with E-state index in [-0.39, 0.29) is 13.2 Å². The lowest BCUT2D eigenvalue weighted by molar-refractivity contribution is -0.313. The van der Waals surface area contributed by atoms with Gasteiger partial charge in [0.1, 0.15) is 30.5 Å². The second-order valence-corrected chi connectivity index (χ2v) is 7.31. The molecule has 11 heteroatoms. The molecule has 0 amide bonds. The van der Waals surface area contributed by atoms with E-state index in [2.05, 4.69) is 0 Å². The van der Waals surface area contributed by atoms with Crippen LogP contribution in [0.5, 0.6) is 0 Å². The van der Waals surface area contributed by atoms with Crippen LogP contribution >= 0.6 is 0 Å². The number of rotatable bonds is 8. The Morgan fingerprint density at radius 3 is 2.32 bits per heavy atom. The highest BCUT2D eigenvalue weighted by Crippen LogP contribution is 2.31. The molecule has 0 aliphatic carbocycles. The van der Waals surface area contributed by atoms with Crippen molar-refractivity contribution < 1.29 is 54.3 Å². The van der Waals surface area contributed by atoms with Gasteiger partial charge in [0, 0.05) is 7.11 Å². The molecule has 0 radical (unpaired) electrons. The van der Waals surface area contributed by atoms with Gasteiger partial charge in [-0.3, -0.25) is 0 Å². The molecule has 1 aromatic rings. The number of methoxy groups -OCH3 is 1. The van der Waals surface area contributed by atoms with Crippen LogP contribution in [0.4, 0.5) is 0 Å². The Bertz CT molecular complexity index is 725. The summed E-state index contributed by atoms with van der Waals surface area (Å²) in [6, 6.07) is 9.10. The van der Waals surface area contributed by atoms with Crippen LogP contribution in [0, 0.1) is 0 Å². The average molecular weight is 444 g/mol. The van der Waals surface area contributed by atoms with Crippen molar-refractivity contribution in [3.05, 3.63) is 47.6 Å². The van der Waals surface area contributed by atoms with Crippen LogP contribution in [0.1, 0.15) is 5.56 Å². The molecule has 2 aliphatic rings. The van der Waals surface area contributed by atoms with Crippen molar-refractivity contribution in [1.82, 2.24) is 0 Å². The van der Waals surface area contributed by atoms with E-state index in [4.69, 9.17) is 23.7 Å². The average Bonchev–Trinajstić information content (AvgIpc) is 2.78. The number of aliphatic hydroxyl groups is 6. The predicted molar refractivity (Wildman–Crippen MR) is 102 cm³/mol. The van der Waals surface area contributed by atoms with E-state index >= 15 is 0 Å². The van der Waals surface area contributed by atoms with Crippen LogP contribution in [0.25, 0.3) is 0 Å². The lowest BCUT2D eigenvalue weighted by Crippen LogP contribution is -2.60. The highest BCUT2D eigenvalue weighted by Gasteiger charge is 2.48. The molecule has 1 saturated heterocycles. The molecule has 8 atom stereocenters. The first-order valence-corrected chi connectivity index (χ1v) is 9.76. The van der Waals surface area contributed by atoms with E-state index in [1.807, 2.05) is 30.3 Å². The van der Waals surface area contributed by atoms with Gasteiger partial charge in [0.25, 0.3) is 0 Å². The minimum absolute atomic E-state index is 0.0940. The SMILES string of the molecule is COCC1OC(O[C@@H]2C(CO)O[C@@H](OCc3ccccc3)C(O)[C@H]2O)=C(O)C(O)[C@H]1O. The maximum atomic E-state index is 10.6. The third-order valence-electron chi connectivity index (χ3n) is 5.10. The molecule has 2 heterocycles. The minimum Gasteiger partial charge on any atom is -0.504 e. The van der Waals surface area contributed by atoms with Crippen LogP contribution in [0.15, 0.2) is 42.0 Å². The molecule has 1 aromatic carbocycles. The number of aliphatic hydroxyl groups excluding tert-OH is 6. The fraction of sp³-hybridized carbons (Fsp3) is 0.600. The molecule has 0 spiro atoms. The summed E-state index contributed by atoms with van der Waals surface area (Å²) >= 11 is 0. The van der Waals surface area contributed by atoms with E-state index in [1.54, 1.807) is 0 Å². The monoisotopic (exact) mass is 444 g/mol. The molecule has 6 N–H and O–H groups in total. The summed E-state index contributed by atoms with van der Waals surface area (Å²) in [7, 11) is 1.35. The standard InChI is InChI=1S/C20H28O11/c1-27-9-12-13(22)14(23)16(25)20(30-12)31-18-11(7-21)29-19(17(26)15(18)24)28-8-10-5-3-2-4-6-10/h2-6,11-15,17-19,21-26H,7-9H2,1H3/t11?,12?,13-,14?,15+,17?,18+,19+/m0/s1. The summed E-state index contributed by atoms with van der Waals surface area (Å²) in [4.78, 5) is 0. The summed E-state index contributed by atoms with van der Waals surface area (Å²) < 4.78 is 26.8. The summed E-state index contributed by atoms with van der Waals surface area (Å²) in [6.45, 7) is -0.638. The second-order valence-electron chi connectivity index (χ2n) is 7.31. The molecular weight excluding hydrogens is 416 g/mol. The summed E-state index contributed by atoms with van der Waals surface area (Å²) in [5.74, 6) is -1.39. The Labute approximate surface area is 178 Å². The van der Waals surface area contributed by atoms with Crippen LogP contribution in [-0.2, 0) is 30.3 Å². The van der Waals surface area contributed by atoms with E-state index in [0.29, 0.717) is 0 Å². The van der Waals surface area contributed by atoms with Gasteiger partial charge in [-0.05, 0) is 5.56 Å². The van der Waals surface area contributed by atoms with Gasteiger partial charge in [-0.2, -0.15) is 0 Å². The zero-order chi connectivity index (χ0) is 22.5. The lowest BCUT2D eigenvalue weighted by Gasteiger charge is -2.42. The first-order chi connectivity index (χ1) is 14.9. The van der Waals surface area contributed by atoms with Crippen molar-refractivity contribution >= 4 is 0 Å². The fourth-order valence-corrected chi connectivity index (χ4v) is 3.35. The van der Waals surface area contributed by atoms with Crippen molar-refractivity contribution in [2.75, 3.05) is 20.3 Å². The van der Waals surface area contributed by atoms with Gasteiger partial charge in [-0.1, -0.05) is 30.3 Å². The number of benzene rings is 1. The number of hydrogen-bond acceptors (Lipinski definition) is 11. The van der Waals surface area contributed by atoms with Crippen LogP contribution in [-0.4, -0.2) is 100.0 Å². The molecule has 174 valence electrons. The second kappa shape index (κ2) is 10.6. The Hall–Kier alpha value is -1.96. The van der Waals surface area contributed by atoms with E-state index < -0.39 is 67.3 Å². The van der Waals surface area contributed by atoms with Gasteiger partial charge in [0.15, 0.2) is 18.5 Å². The smallest absolute Gasteiger partial charge is 0.322 e. The molecule has 1 fully saturated rings. The maximum absolute atomic E-state index is 10.6. The zero-order valence-corrected chi connectivity index (χ0v) is 16.9. The first-order valence-electron chi connectivity index (χ1n) is 9.76. The Kier molecular flexibility index (Phi) is 8.08. The zero-order valence-electron chi connectivity index (χ0n) is 16.9. The molecule has 0 aromatic heterocycles. The fourth-order valence-electron chi connectivity index (χ4n) is 3.35. The molecule has 3 rings (SSSR count). The Balaban J connectivity index is 1.70. The van der Waals surface area contributed by atoms with Gasteiger partial charge >= 0.3 is 5.95 Å². The van der Waals surface area contributed by atoms with E-state index in [1.165, 1.54) is 7.11 Å². The molecule has 0 bridgehead atoms. The van der Waals surface area contributed by atoms with Crippen LogP contribution in [0.2, 0.25) is 0 Å². The third-order valence-corrected chi connectivity index (χ3v) is 5.10. The largest absolute Gasteiger partial charge is 0.504 e. The topological polar surface area (TPSA) is 168 Å². The van der Waals surface area contributed by atoms with E-state index in [0.717, 1.165) is 5.56 Å². The molecule has 0 saturated carbocycles. The minimum atomic E-state index is -1.72. The normalized spacial score (nSPS) is 36.2. The summed E-state index contributed by atoms with van der Waals surface area (Å²) in [5, 5.41) is 60.8. The Morgan fingerprint density at radius 2 is 1.68 bits per heavy atom. The van der Waals surface area contributed by atoms with Crippen LogP contribution < -0.4 is 0 Å². The molecule has 31 heavy (non-hydrogen) atoms. The van der Waals surface area contributed by atoms with Crippen molar-refractivity contribution in [2.24, 2.45) is 0 Å². The summed E-state index contributed by atoms with van der Waals surface area (Å²) in [6.07, 6.45) is -11.2. The van der Waals surface area contributed by atoms with Crippen molar-refractivity contribution in [1.29, 1.82) is 0 Å². The van der Waals surface area contributed by atoms with Gasteiger partial charge < -0.3 is 54.3 Å². The number of ether oxygens (including phenoxy) is 5.